The Morgan fingerprint density at radius 2 is 1.86 bits per heavy atom. The molecule has 0 aliphatic carbocycles. The van der Waals surface area contributed by atoms with E-state index in [4.69, 9.17) is 5.53 Å². The summed E-state index contributed by atoms with van der Waals surface area (Å²) in [5.41, 5.74) is 8.06. The molecule has 36 heavy (non-hydrogen) atoms. The van der Waals surface area contributed by atoms with Gasteiger partial charge >= 0.3 is 0 Å². The van der Waals surface area contributed by atoms with Gasteiger partial charge in [-0.25, -0.2) is 0 Å². The second kappa shape index (κ2) is 14.2. The Labute approximate surface area is 206 Å². The number of aliphatic hydroxyl groups excluding tert-OH is 1. The van der Waals surface area contributed by atoms with Crippen molar-refractivity contribution in [2.75, 3.05) is 26.2 Å². The molecule has 4 amide bonds. The maximum absolute atomic E-state index is 12.7. The SMILES string of the molecule is [N-]=[N+]=NCCCNC(=O)C(CCCN1C(=O)C=CC1=O)CCNC(=O)c1ccc(CO)c([N+](=O)[O-])c1. The number of hydrogen-bond acceptors (Lipinski definition) is 8. The number of imide groups is 1. The quantitative estimate of drug-likeness (QED) is 0.0610. The van der Waals surface area contributed by atoms with Gasteiger partial charge in [0.15, 0.2) is 0 Å². The van der Waals surface area contributed by atoms with Gasteiger partial charge < -0.3 is 15.7 Å². The minimum Gasteiger partial charge on any atom is -0.391 e. The number of aliphatic hydroxyl groups is 1. The van der Waals surface area contributed by atoms with Crippen molar-refractivity contribution in [2.45, 2.75) is 32.3 Å². The monoisotopic (exact) mass is 501 g/mol. The van der Waals surface area contributed by atoms with Crippen LogP contribution in [-0.4, -0.2) is 64.7 Å². The minimum atomic E-state index is -0.685. The van der Waals surface area contributed by atoms with Crippen LogP contribution < -0.4 is 10.6 Å². The first-order valence-corrected chi connectivity index (χ1v) is 11.3. The van der Waals surface area contributed by atoms with E-state index < -0.39 is 35.2 Å². The Morgan fingerprint density at radius 1 is 1.14 bits per heavy atom. The van der Waals surface area contributed by atoms with E-state index in [9.17, 15) is 34.4 Å². The first-order chi connectivity index (χ1) is 17.3. The van der Waals surface area contributed by atoms with Crippen molar-refractivity contribution >= 4 is 29.3 Å². The van der Waals surface area contributed by atoms with Gasteiger partial charge in [0.2, 0.25) is 5.91 Å². The number of nitro groups is 1. The average Bonchev–Trinajstić information content (AvgIpc) is 3.19. The fraction of sp³-hybridized carbons (Fsp3) is 0.455. The standard InChI is InChI=1S/C22H27N7O7/c23-27-26-10-2-9-24-21(33)15(3-1-12-28-19(31)6-7-20(28)32)8-11-25-22(34)16-4-5-17(14-30)18(13-16)29(35)36/h4-7,13,15,30H,1-3,8-12,14H2,(H,24,33)(H,25,34). The molecule has 0 fully saturated rings. The van der Waals surface area contributed by atoms with Crippen molar-refractivity contribution in [1.82, 2.24) is 15.5 Å². The highest BCUT2D eigenvalue weighted by atomic mass is 16.6. The molecule has 1 aliphatic rings. The van der Waals surface area contributed by atoms with Gasteiger partial charge in [0.1, 0.15) is 0 Å². The molecule has 2 rings (SSSR count). The molecule has 1 heterocycles. The summed E-state index contributed by atoms with van der Waals surface area (Å²) in [5.74, 6) is -2.22. The largest absolute Gasteiger partial charge is 0.391 e. The molecule has 14 nitrogen and oxygen atoms in total. The Bertz CT molecular complexity index is 1060. The number of benzene rings is 1. The predicted octanol–water partition coefficient (Wildman–Crippen LogP) is 1.34. The number of amides is 4. The van der Waals surface area contributed by atoms with Crippen LogP contribution in [0.15, 0.2) is 35.5 Å². The number of nitrogens with one attached hydrogen (secondary N) is 2. The van der Waals surface area contributed by atoms with Crippen molar-refractivity contribution in [3.63, 3.8) is 0 Å². The molecule has 1 aromatic carbocycles. The topological polar surface area (TPSA) is 208 Å². The highest BCUT2D eigenvalue weighted by Gasteiger charge is 2.24. The second-order valence-corrected chi connectivity index (χ2v) is 7.90. The molecule has 1 atom stereocenters. The third kappa shape index (κ3) is 8.18. The highest BCUT2D eigenvalue weighted by Crippen LogP contribution is 2.20. The van der Waals surface area contributed by atoms with Crippen LogP contribution in [0.3, 0.4) is 0 Å². The summed E-state index contributed by atoms with van der Waals surface area (Å²) in [6, 6.07) is 3.74. The number of nitro benzene ring substituents is 1. The lowest BCUT2D eigenvalue weighted by molar-refractivity contribution is -0.385. The third-order valence-electron chi connectivity index (χ3n) is 5.50. The molecule has 3 N–H and O–H groups in total. The molecular weight excluding hydrogens is 474 g/mol. The van der Waals surface area contributed by atoms with Crippen LogP contribution in [0.4, 0.5) is 5.69 Å². The van der Waals surface area contributed by atoms with E-state index in [0.717, 1.165) is 11.0 Å². The van der Waals surface area contributed by atoms with Gasteiger partial charge in [-0.2, -0.15) is 0 Å². The maximum Gasteiger partial charge on any atom is 0.275 e. The van der Waals surface area contributed by atoms with Crippen LogP contribution in [-0.2, 0) is 21.0 Å². The van der Waals surface area contributed by atoms with Crippen LogP contribution >= 0.6 is 0 Å². The fourth-order valence-corrected chi connectivity index (χ4v) is 3.58. The summed E-state index contributed by atoms with van der Waals surface area (Å²) in [4.78, 5) is 62.8. The maximum atomic E-state index is 12.7. The van der Waals surface area contributed by atoms with Crippen molar-refractivity contribution < 1.29 is 29.2 Å². The van der Waals surface area contributed by atoms with E-state index in [2.05, 4.69) is 20.7 Å². The number of azide groups is 1. The number of carbonyl (C=O) groups excluding carboxylic acids is 4. The van der Waals surface area contributed by atoms with Crippen molar-refractivity contribution in [2.24, 2.45) is 11.0 Å². The molecule has 0 saturated heterocycles. The molecular formula is C22H27N7O7. The van der Waals surface area contributed by atoms with Gasteiger partial charge in [-0.3, -0.25) is 34.2 Å². The molecule has 0 radical (unpaired) electrons. The Kier molecular flexibility index (Phi) is 11.0. The second-order valence-electron chi connectivity index (χ2n) is 7.90. The average molecular weight is 502 g/mol. The van der Waals surface area contributed by atoms with Gasteiger partial charge in [0, 0.05) is 60.8 Å². The van der Waals surface area contributed by atoms with Crippen molar-refractivity contribution in [3.05, 3.63) is 62.0 Å². The fourth-order valence-electron chi connectivity index (χ4n) is 3.58. The van der Waals surface area contributed by atoms with Crippen molar-refractivity contribution in [3.8, 4) is 0 Å². The van der Waals surface area contributed by atoms with E-state index in [1.54, 1.807) is 0 Å². The summed E-state index contributed by atoms with van der Waals surface area (Å²) >= 11 is 0. The summed E-state index contributed by atoms with van der Waals surface area (Å²) in [7, 11) is 0. The van der Waals surface area contributed by atoms with E-state index in [0.29, 0.717) is 19.3 Å². The molecule has 1 unspecified atom stereocenters. The highest BCUT2D eigenvalue weighted by molar-refractivity contribution is 6.12. The van der Waals surface area contributed by atoms with Crippen LogP contribution in [0, 0.1) is 16.0 Å². The first-order valence-electron chi connectivity index (χ1n) is 11.3. The van der Waals surface area contributed by atoms with Gasteiger partial charge in [-0.15, -0.1) is 0 Å². The molecule has 0 spiro atoms. The summed E-state index contributed by atoms with van der Waals surface area (Å²) < 4.78 is 0. The summed E-state index contributed by atoms with van der Waals surface area (Å²) in [6.45, 7) is 0.217. The summed E-state index contributed by atoms with van der Waals surface area (Å²) in [6.07, 6.45) is 3.77. The number of hydrogen-bond donors (Lipinski definition) is 3. The number of carbonyl (C=O) groups is 4. The Morgan fingerprint density at radius 3 is 2.50 bits per heavy atom. The molecule has 1 aromatic rings. The zero-order chi connectivity index (χ0) is 26.5. The Hall–Kier alpha value is -4.29. The van der Waals surface area contributed by atoms with Crippen LogP contribution in [0.1, 0.15) is 41.6 Å². The molecule has 1 aliphatic heterocycles. The van der Waals surface area contributed by atoms with Gasteiger partial charge in [-0.1, -0.05) is 5.11 Å². The van der Waals surface area contributed by atoms with Gasteiger partial charge in [0.25, 0.3) is 23.4 Å². The van der Waals surface area contributed by atoms with Gasteiger partial charge in [-0.05, 0) is 43.3 Å². The van der Waals surface area contributed by atoms with E-state index in [1.165, 1.54) is 24.3 Å². The molecule has 0 saturated carbocycles. The minimum absolute atomic E-state index is 0.0384. The molecule has 0 aromatic heterocycles. The van der Waals surface area contributed by atoms with Crippen LogP contribution in [0.5, 0.6) is 0 Å². The Balaban J connectivity index is 1.94. The normalized spacial score (nSPS) is 13.3. The van der Waals surface area contributed by atoms with Crippen molar-refractivity contribution in [1.29, 1.82) is 0 Å². The van der Waals surface area contributed by atoms with Crippen LogP contribution in [0.2, 0.25) is 0 Å². The van der Waals surface area contributed by atoms with E-state index >= 15 is 0 Å². The lowest BCUT2D eigenvalue weighted by atomic mass is 9.97. The first kappa shape index (κ1) is 28.0. The molecule has 0 bridgehead atoms. The molecule has 14 heteroatoms. The van der Waals surface area contributed by atoms with E-state index in [1.807, 2.05) is 0 Å². The number of rotatable bonds is 15. The number of nitrogens with zero attached hydrogens (tertiary/aromatic N) is 5. The lowest BCUT2D eigenvalue weighted by Crippen LogP contribution is -2.36. The van der Waals surface area contributed by atoms with Gasteiger partial charge in [0.05, 0.1) is 17.1 Å². The van der Waals surface area contributed by atoms with E-state index in [-0.39, 0.29) is 55.3 Å². The smallest absolute Gasteiger partial charge is 0.275 e. The predicted molar refractivity (Wildman–Crippen MR) is 126 cm³/mol. The lowest BCUT2D eigenvalue weighted by Gasteiger charge is -2.19. The zero-order valence-electron chi connectivity index (χ0n) is 19.5. The molecule has 192 valence electrons. The van der Waals surface area contributed by atoms with Crippen LogP contribution in [0.25, 0.3) is 10.4 Å². The third-order valence-corrected chi connectivity index (χ3v) is 5.50. The zero-order valence-corrected chi connectivity index (χ0v) is 19.5. The summed E-state index contributed by atoms with van der Waals surface area (Å²) in [5, 5.41) is 29.2.